The van der Waals surface area contributed by atoms with E-state index in [0.29, 0.717) is 30.9 Å². The molecule has 2 aromatic rings. The highest BCUT2D eigenvalue weighted by molar-refractivity contribution is 5.94. The first-order chi connectivity index (χ1) is 15.8. The van der Waals surface area contributed by atoms with Crippen LogP contribution in [0.25, 0.3) is 0 Å². The molecular weight excluding hydrogens is 432 g/mol. The van der Waals surface area contributed by atoms with Crippen molar-refractivity contribution in [3.63, 3.8) is 0 Å². The zero-order chi connectivity index (χ0) is 23.8. The molecule has 2 aromatic carbocycles. The molecule has 2 N–H and O–H groups in total. The number of rotatable bonds is 8. The van der Waals surface area contributed by atoms with Crippen molar-refractivity contribution in [3.8, 4) is 5.75 Å². The van der Waals surface area contributed by atoms with Gasteiger partial charge >= 0.3 is 6.03 Å². The minimum Gasteiger partial charge on any atom is -0.488 e. The fourth-order valence-corrected chi connectivity index (χ4v) is 3.62. The van der Waals surface area contributed by atoms with Crippen LogP contribution in [0, 0.1) is 0 Å². The van der Waals surface area contributed by atoms with Gasteiger partial charge in [0.1, 0.15) is 12.4 Å². The van der Waals surface area contributed by atoms with E-state index in [-0.39, 0.29) is 30.7 Å². The second-order valence-electron chi connectivity index (χ2n) is 8.05. The van der Waals surface area contributed by atoms with Gasteiger partial charge in [0.15, 0.2) is 0 Å². The van der Waals surface area contributed by atoms with Crippen LogP contribution >= 0.6 is 0 Å². The van der Waals surface area contributed by atoms with Crippen LogP contribution in [0.15, 0.2) is 48.5 Å². The second kappa shape index (κ2) is 11.6. The Balaban J connectivity index is 1.44. The van der Waals surface area contributed by atoms with Crippen molar-refractivity contribution in [2.75, 3.05) is 19.7 Å². The van der Waals surface area contributed by atoms with Crippen LogP contribution in [-0.4, -0.2) is 55.2 Å². The van der Waals surface area contributed by atoms with Crippen LogP contribution in [0.4, 0.5) is 13.6 Å². The maximum absolute atomic E-state index is 12.7. The standard InChI is InChI=1S/C24H29F2N3O4/c1-16-13-29(14-17(2)33-16)23(30)20-8-6-18(7-9-20)11-27-24(31)28-12-19-4-3-5-21(10-19)32-15-22(25)26/h3-10,16-17,22H,11-15H2,1-2H3,(H2,27,28,31). The predicted octanol–water partition coefficient (Wildman–Crippen LogP) is 3.58. The summed E-state index contributed by atoms with van der Waals surface area (Å²) in [7, 11) is 0. The number of benzene rings is 2. The van der Waals surface area contributed by atoms with Crippen molar-refractivity contribution in [1.29, 1.82) is 0 Å². The Labute approximate surface area is 192 Å². The highest BCUT2D eigenvalue weighted by Gasteiger charge is 2.26. The molecule has 0 radical (unpaired) electrons. The van der Waals surface area contributed by atoms with Crippen molar-refractivity contribution < 1.29 is 27.8 Å². The molecule has 178 valence electrons. The maximum atomic E-state index is 12.7. The summed E-state index contributed by atoms with van der Waals surface area (Å²) in [6.45, 7) is 4.88. The van der Waals surface area contributed by atoms with Crippen LogP contribution in [0.5, 0.6) is 5.75 Å². The average molecular weight is 462 g/mol. The summed E-state index contributed by atoms with van der Waals surface area (Å²) >= 11 is 0. The molecule has 1 heterocycles. The van der Waals surface area contributed by atoms with Crippen LogP contribution in [0.1, 0.15) is 35.3 Å². The first kappa shape index (κ1) is 24.4. The van der Waals surface area contributed by atoms with Crippen LogP contribution in [0.2, 0.25) is 0 Å². The van der Waals surface area contributed by atoms with E-state index in [1.807, 2.05) is 26.0 Å². The molecule has 0 spiro atoms. The minimum atomic E-state index is -2.54. The first-order valence-corrected chi connectivity index (χ1v) is 10.9. The number of hydrogen-bond donors (Lipinski definition) is 2. The van der Waals surface area contributed by atoms with E-state index in [9.17, 15) is 18.4 Å². The molecular formula is C24H29F2N3O4. The molecule has 33 heavy (non-hydrogen) atoms. The lowest BCUT2D eigenvalue weighted by Gasteiger charge is -2.35. The summed E-state index contributed by atoms with van der Waals surface area (Å²) in [5, 5.41) is 5.47. The Morgan fingerprint density at radius 1 is 1.03 bits per heavy atom. The molecule has 0 aliphatic carbocycles. The Morgan fingerprint density at radius 2 is 1.67 bits per heavy atom. The number of morpholine rings is 1. The smallest absolute Gasteiger partial charge is 0.315 e. The quantitative estimate of drug-likeness (QED) is 0.630. The van der Waals surface area contributed by atoms with Gasteiger partial charge in [-0.15, -0.1) is 0 Å². The largest absolute Gasteiger partial charge is 0.488 e. The zero-order valence-electron chi connectivity index (χ0n) is 18.7. The van der Waals surface area contributed by atoms with Crippen molar-refractivity contribution >= 4 is 11.9 Å². The summed E-state index contributed by atoms with van der Waals surface area (Å²) in [5.74, 6) is 0.291. The molecule has 2 unspecified atom stereocenters. The third-order valence-corrected chi connectivity index (χ3v) is 5.09. The van der Waals surface area contributed by atoms with E-state index < -0.39 is 13.0 Å². The van der Waals surface area contributed by atoms with Gasteiger partial charge in [0.05, 0.1) is 12.2 Å². The van der Waals surface area contributed by atoms with E-state index in [1.54, 1.807) is 41.3 Å². The lowest BCUT2D eigenvalue weighted by molar-refractivity contribution is -0.0586. The molecule has 2 atom stereocenters. The topological polar surface area (TPSA) is 79.9 Å². The lowest BCUT2D eigenvalue weighted by atomic mass is 10.1. The normalized spacial score (nSPS) is 18.2. The van der Waals surface area contributed by atoms with Gasteiger partial charge in [0.2, 0.25) is 0 Å². The Kier molecular flexibility index (Phi) is 8.59. The van der Waals surface area contributed by atoms with Gasteiger partial charge in [-0.1, -0.05) is 24.3 Å². The number of amides is 3. The van der Waals surface area contributed by atoms with Gasteiger partial charge < -0.3 is 25.0 Å². The number of nitrogens with one attached hydrogen (secondary N) is 2. The maximum Gasteiger partial charge on any atom is 0.315 e. The molecule has 1 aliphatic heterocycles. The Morgan fingerprint density at radius 3 is 2.30 bits per heavy atom. The van der Waals surface area contributed by atoms with Crippen LogP contribution in [-0.2, 0) is 17.8 Å². The van der Waals surface area contributed by atoms with Gasteiger partial charge in [-0.05, 0) is 49.2 Å². The number of ether oxygens (including phenoxy) is 2. The number of nitrogens with zero attached hydrogens (tertiary/aromatic N) is 1. The van der Waals surface area contributed by atoms with Crippen molar-refractivity contribution in [2.24, 2.45) is 0 Å². The third kappa shape index (κ3) is 7.71. The molecule has 1 saturated heterocycles. The average Bonchev–Trinajstić information content (AvgIpc) is 2.79. The molecule has 3 rings (SSSR count). The minimum absolute atomic E-state index is 0.00678. The summed E-state index contributed by atoms with van der Waals surface area (Å²) in [4.78, 5) is 26.6. The number of urea groups is 1. The zero-order valence-corrected chi connectivity index (χ0v) is 18.7. The molecule has 9 heteroatoms. The molecule has 1 fully saturated rings. The van der Waals surface area contributed by atoms with Crippen molar-refractivity contribution in [1.82, 2.24) is 15.5 Å². The molecule has 0 aromatic heterocycles. The molecule has 7 nitrogen and oxygen atoms in total. The van der Waals surface area contributed by atoms with Gasteiger partial charge in [0.25, 0.3) is 12.3 Å². The second-order valence-corrected chi connectivity index (χ2v) is 8.05. The van der Waals surface area contributed by atoms with Crippen LogP contribution < -0.4 is 15.4 Å². The van der Waals surface area contributed by atoms with Crippen molar-refractivity contribution in [2.45, 2.75) is 45.6 Å². The fourth-order valence-electron chi connectivity index (χ4n) is 3.62. The summed E-state index contributed by atoms with van der Waals surface area (Å²) in [6.07, 6.45) is -2.53. The lowest BCUT2D eigenvalue weighted by Crippen LogP contribution is -2.48. The third-order valence-electron chi connectivity index (χ3n) is 5.09. The SMILES string of the molecule is CC1CN(C(=O)c2ccc(CNC(=O)NCc3cccc(OCC(F)F)c3)cc2)CC(C)O1. The van der Waals surface area contributed by atoms with Gasteiger partial charge in [-0.2, -0.15) is 0 Å². The number of alkyl halides is 2. The molecule has 0 bridgehead atoms. The number of carbonyl (C=O) groups is 2. The summed E-state index contributed by atoms with van der Waals surface area (Å²) in [5.41, 5.74) is 2.18. The van der Waals surface area contributed by atoms with Gasteiger partial charge in [-0.25, -0.2) is 13.6 Å². The van der Waals surface area contributed by atoms with E-state index in [1.165, 1.54) is 0 Å². The molecule has 3 amide bonds. The van der Waals surface area contributed by atoms with Crippen molar-refractivity contribution in [3.05, 3.63) is 65.2 Å². The highest BCUT2D eigenvalue weighted by atomic mass is 19.3. The van der Waals surface area contributed by atoms with E-state index >= 15 is 0 Å². The highest BCUT2D eigenvalue weighted by Crippen LogP contribution is 2.16. The number of hydrogen-bond acceptors (Lipinski definition) is 4. The van der Waals surface area contributed by atoms with Gasteiger partial charge in [0, 0.05) is 31.7 Å². The van der Waals surface area contributed by atoms with E-state index in [0.717, 1.165) is 11.1 Å². The molecule has 1 aliphatic rings. The Bertz CT molecular complexity index is 930. The number of halogens is 2. The van der Waals surface area contributed by atoms with E-state index in [2.05, 4.69) is 10.6 Å². The predicted molar refractivity (Wildman–Crippen MR) is 119 cm³/mol. The molecule has 0 saturated carbocycles. The Hall–Kier alpha value is -3.20. The summed E-state index contributed by atoms with van der Waals surface area (Å²) < 4.78 is 35.2. The first-order valence-electron chi connectivity index (χ1n) is 10.9. The number of carbonyl (C=O) groups excluding carboxylic acids is 2. The van der Waals surface area contributed by atoms with Crippen LogP contribution in [0.3, 0.4) is 0 Å². The van der Waals surface area contributed by atoms with Gasteiger partial charge in [-0.3, -0.25) is 4.79 Å². The van der Waals surface area contributed by atoms with E-state index in [4.69, 9.17) is 9.47 Å². The summed E-state index contributed by atoms with van der Waals surface area (Å²) in [6, 6.07) is 13.4. The fraction of sp³-hybridized carbons (Fsp3) is 0.417. The monoisotopic (exact) mass is 461 g/mol.